The third-order valence-corrected chi connectivity index (χ3v) is 1.59. The maximum absolute atomic E-state index is 5.45. The highest BCUT2D eigenvalue weighted by Gasteiger charge is 1.90. The zero-order valence-corrected chi connectivity index (χ0v) is 7.74. The Balaban J connectivity index is 2.07. The lowest BCUT2D eigenvalue weighted by Crippen LogP contribution is -2.02. The molecule has 2 nitrogen and oxygen atoms in total. The topological polar surface area (TPSA) is 18.5 Å². The van der Waals surface area contributed by atoms with Gasteiger partial charge in [-0.05, 0) is 19.1 Å². The highest BCUT2D eigenvalue weighted by atomic mass is 16.5. The van der Waals surface area contributed by atoms with Crippen molar-refractivity contribution < 1.29 is 9.47 Å². The molecule has 0 saturated heterocycles. The van der Waals surface area contributed by atoms with Crippen molar-refractivity contribution in [3.8, 4) is 5.75 Å². The first-order valence-electron chi connectivity index (χ1n) is 4.48. The van der Waals surface area contributed by atoms with Crippen LogP contribution in [0.5, 0.6) is 5.75 Å². The molecule has 1 radical (unpaired) electrons. The summed E-state index contributed by atoms with van der Waals surface area (Å²) in [6.45, 7) is 5.53. The smallest absolute Gasteiger partial charge is 0.119 e. The largest absolute Gasteiger partial charge is 0.494 e. The first kappa shape index (κ1) is 10.1. The summed E-state index contributed by atoms with van der Waals surface area (Å²) in [7, 11) is 0. The molecular weight excluding hydrogens is 164 g/mol. The molecule has 0 N–H and O–H groups in total. The van der Waals surface area contributed by atoms with Crippen LogP contribution in [0.1, 0.15) is 6.42 Å². The molecule has 13 heavy (non-hydrogen) atoms. The van der Waals surface area contributed by atoms with E-state index >= 15 is 0 Å². The van der Waals surface area contributed by atoms with Crippen molar-refractivity contribution in [3.05, 3.63) is 37.3 Å². The van der Waals surface area contributed by atoms with Gasteiger partial charge in [0.1, 0.15) is 5.75 Å². The van der Waals surface area contributed by atoms with Crippen LogP contribution in [0.15, 0.2) is 30.3 Å². The predicted octanol–water partition coefficient (Wildman–Crippen LogP) is 2.31. The molecule has 2 heteroatoms. The molecular formula is C11H15O2. The summed E-state index contributed by atoms with van der Waals surface area (Å²) in [5.74, 6) is 0.914. The highest BCUT2D eigenvalue weighted by molar-refractivity contribution is 5.20. The molecule has 0 aliphatic carbocycles. The minimum absolute atomic E-state index is 0.533. The van der Waals surface area contributed by atoms with E-state index in [1.54, 1.807) is 0 Å². The molecule has 0 unspecified atom stereocenters. The number of hydrogen-bond acceptors (Lipinski definition) is 2. The Bertz CT molecular complexity index is 209. The molecule has 0 atom stereocenters. The van der Waals surface area contributed by atoms with Gasteiger partial charge in [0.2, 0.25) is 0 Å². The Hall–Kier alpha value is -1.02. The third-order valence-electron chi connectivity index (χ3n) is 1.59. The summed E-state index contributed by atoms with van der Waals surface area (Å²) in [6, 6.07) is 9.78. The SMILES string of the molecule is [CH2]COCCCOc1ccccc1. The first-order chi connectivity index (χ1) is 6.43. The molecule has 0 bridgehead atoms. The van der Waals surface area contributed by atoms with Gasteiger partial charge in [-0.15, -0.1) is 0 Å². The second-order valence-corrected chi connectivity index (χ2v) is 2.63. The van der Waals surface area contributed by atoms with Gasteiger partial charge in [0, 0.05) is 19.6 Å². The molecule has 0 aliphatic heterocycles. The number of para-hydroxylation sites is 1. The van der Waals surface area contributed by atoms with Crippen molar-refractivity contribution in [1.29, 1.82) is 0 Å². The van der Waals surface area contributed by atoms with E-state index < -0.39 is 0 Å². The van der Waals surface area contributed by atoms with E-state index in [4.69, 9.17) is 9.47 Å². The summed E-state index contributed by atoms with van der Waals surface area (Å²) in [6.07, 6.45) is 0.907. The number of ether oxygens (including phenoxy) is 2. The van der Waals surface area contributed by atoms with Crippen molar-refractivity contribution in [2.45, 2.75) is 6.42 Å². The van der Waals surface area contributed by atoms with Crippen molar-refractivity contribution in [1.82, 2.24) is 0 Å². The highest BCUT2D eigenvalue weighted by Crippen LogP contribution is 2.08. The number of hydrogen-bond donors (Lipinski definition) is 0. The molecule has 1 aromatic rings. The van der Waals surface area contributed by atoms with E-state index in [0.717, 1.165) is 18.8 Å². The van der Waals surface area contributed by atoms with E-state index in [0.29, 0.717) is 13.2 Å². The van der Waals surface area contributed by atoms with Crippen LogP contribution in [0.3, 0.4) is 0 Å². The zero-order chi connectivity index (χ0) is 9.36. The molecule has 0 fully saturated rings. The Morgan fingerprint density at radius 3 is 2.54 bits per heavy atom. The van der Waals surface area contributed by atoms with Gasteiger partial charge in [-0.3, -0.25) is 0 Å². The minimum Gasteiger partial charge on any atom is -0.494 e. The zero-order valence-electron chi connectivity index (χ0n) is 7.74. The van der Waals surface area contributed by atoms with Gasteiger partial charge in [-0.2, -0.15) is 0 Å². The van der Waals surface area contributed by atoms with Crippen LogP contribution in [-0.4, -0.2) is 19.8 Å². The van der Waals surface area contributed by atoms with Gasteiger partial charge in [-0.25, -0.2) is 0 Å². The normalized spacial score (nSPS) is 9.92. The molecule has 71 valence electrons. The second kappa shape index (κ2) is 6.49. The van der Waals surface area contributed by atoms with Gasteiger partial charge in [0.05, 0.1) is 6.61 Å². The monoisotopic (exact) mass is 179 g/mol. The maximum atomic E-state index is 5.45. The standard InChI is InChI=1S/C11H15O2/c1-2-12-9-6-10-13-11-7-4-3-5-8-11/h3-5,7-8H,1-2,6,9-10H2. The average molecular weight is 179 g/mol. The lowest BCUT2D eigenvalue weighted by molar-refractivity contribution is 0.142. The molecule has 1 aromatic carbocycles. The summed E-state index contributed by atoms with van der Waals surface area (Å²) in [4.78, 5) is 0. The second-order valence-electron chi connectivity index (χ2n) is 2.63. The van der Waals surface area contributed by atoms with Gasteiger partial charge in [-0.1, -0.05) is 18.2 Å². The fourth-order valence-electron chi connectivity index (χ4n) is 0.970. The van der Waals surface area contributed by atoms with Crippen LogP contribution >= 0.6 is 0 Å². The van der Waals surface area contributed by atoms with Crippen molar-refractivity contribution in [2.24, 2.45) is 0 Å². The van der Waals surface area contributed by atoms with Crippen molar-refractivity contribution in [3.63, 3.8) is 0 Å². The van der Waals surface area contributed by atoms with Crippen molar-refractivity contribution >= 4 is 0 Å². The number of benzene rings is 1. The summed E-state index contributed by atoms with van der Waals surface area (Å²) < 4.78 is 10.5. The Morgan fingerprint density at radius 1 is 1.08 bits per heavy atom. The molecule has 0 saturated carbocycles. The molecule has 0 amide bonds. The van der Waals surface area contributed by atoms with Crippen LogP contribution < -0.4 is 4.74 Å². The lowest BCUT2D eigenvalue weighted by atomic mass is 10.3. The van der Waals surface area contributed by atoms with Crippen LogP contribution in [0, 0.1) is 6.92 Å². The van der Waals surface area contributed by atoms with Gasteiger partial charge >= 0.3 is 0 Å². The Morgan fingerprint density at radius 2 is 1.85 bits per heavy atom. The fraction of sp³-hybridized carbons (Fsp3) is 0.364. The Kier molecular flexibility index (Phi) is 5.02. The van der Waals surface area contributed by atoms with Crippen LogP contribution in [-0.2, 0) is 4.74 Å². The predicted molar refractivity (Wildman–Crippen MR) is 52.7 cm³/mol. The Labute approximate surface area is 79.5 Å². The summed E-state index contributed by atoms with van der Waals surface area (Å²) in [5.41, 5.74) is 0. The number of rotatable bonds is 6. The van der Waals surface area contributed by atoms with Crippen LogP contribution in [0.4, 0.5) is 0 Å². The van der Waals surface area contributed by atoms with Gasteiger partial charge in [0.25, 0.3) is 0 Å². The minimum atomic E-state index is 0.533. The summed E-state index contributed by atoms with van der Waals surface area (Å²) in [5, 5.41) is 0. The molecule has 0 spiro atoms. The molecule has 0 heterocycles. The van der Waals surface area contributed by atoms with Gasteiger partial charge < -0.3 is 9.47 Å². The summed E-state index contributed by atoms with van der Waals surface area (Å²) >= 11 is 0. The van der Waals surface area contributed by atoms with E-state index in [1.165, 1.54) is 0 Å². The van der Waals surface area contributed by atoms with E-state index in [1.807, 2.05) is 30.3 Å². The van der Waals surface area contributed by atoms with Crippen LogP contribution in [0.2, 0.25) is 0 Å². The quantitative estimate of drug-likeness (QED) is 0.624. The van der Waals surface area contributed by atoms with Crippen molar-refractivity contribution in [2.75, 3.05) is 19.8 Å². The fourth-order valence-corrected chi connectivity index (χ4v) is 0.970. The van der Waals surface area contributed by atoms with Crippen LogP contribution in [0.25, 0.3) is 0 Å². The van der Waals surface area contributed by atoms with E-state index in [-0.39, 0.29) is 0 Å². The first-order valence-corrected chi connectivity index (χ1v) is 4.48. The van der Waals surface area contributed by atoms with Gasteiger partial charge in [0.15, 0.2) is 0 Å². The maximum Gasteiger partial charge on any atom is 0.119 e. The van der Waals surface area contributed by atoms with E-state index in [2.05, 4.69) is 6.92 Å². The molecule has 0 aliphatic rings. The van der Waals surface area contributed by atoms with E-state index in [9.17, 15) is 0 Å². The average Bonchev–Trinajstić information content (AvgIpc) is 2.19. The third kappa shape index (κ3) is 4.53. The molecule has 1 rings (SSSR count). The molecule has 0 aromatic heterocycles. The lowest BCUT2D eigenvalue weighted by Gasteiger charge is -2.05.